The zero-order chi connectivity index (χ0) is 23.8. The molecule has 1 aliphatic heterocycles. The summed E-state index contributed by atoms with van der Waals surface area (Å²) in [5.74, 6) is 0.605. The van der Waals surface area contributed by atoms with Gasteiger partial charge in [-0.05, 0) is 47.7 Å². The van der Waals surface area contributed by atoms with Gasteiger partial charge in [-0.15, -0.1) is 0 Å². The van der Waals surface area contributed by atoms with E-state index in [0.717, 1.165) is 27.9 Å². The Morgan fingerprint density at radius 3 is 2.24 bits per heavy atom. The fourth-order valence-electron chi connectivity index (χ4n) is 4.33. The first-order valence-electron chi connectivity index (χ1n) is 11.1. The smallest absolute Gasteiger partial charge is 0.272 e. The molecule has 0 radical (unpaired) electrons. The Bertz CT molecular complexity index is 1120. The molecule has 0 unspecified atom stereocenters. The van der Waals surface area contributed by atoms with Gasteiger partial charge in [0.25, 0.3) is 6.04 Å². The highest BCUT2D eigenvalue weighted by atomic mass is 16.7. The Morgan fingerprint density at radius 2 is 1.67 bits per heavy atom. The number of rotatable bonds is 5. The maximum Gasteiger partial charge on any atom is 0.272 e. The summed E-state index contributed by atoms with van der Waals surface area (Å²) >= 11 is 0. The van der Waals surface area contributed by atoms with Crippen molar-refractivity contribution in [1.82, 2.24) is 0 Å². The van der Waals surface area contributed by atoms with Crippen molar-refractivity contribution in [3.63, 3.8) is 0 Å². The molecule has 0 aromatic heterocycles. The standard InChI is InChI=1S/C27H30N2O4/c1-18-11-13-19(14-12-18)26-25(29(30)31)24(28(33-26)21-9-7-6-8-10-21)22-17-20(27(2,3)4)15-16-23(22)32-5/h6-17,24-26H,1-5H3/t24-,25-,26+/m1/s1. The molecule has 4 rings (SSSR count). The molecule has 0 bridgehead atoms. The minimum absolute atomic E-state index is 0.126. The minimum atomic E-state index is -1.03. The van der Waals surface area contributed by atoms with Crippen molar-refractivity contribution < 1.29 is 14.5 Å². The number of para-hydroxylation sites is 1. The highest BCUT2D eigenvalue weighted by molar-refractivity contribution is 5.52. The number of nitro groups is 1. The third kappa shape index (κ3) is 4.44. The summed E-state index contributed by atoms with van der Waals surface area (Å²) in [6.07, 6.45) is -0.742. The Balaban J connectivity index is 1.92. The van der Waals surface area contributed by atoms with Crippen molar-refractivity contribution >= 4 is 5.69 Å². The number of methoxy groups -OCH3 is 1. The highest BCUT2D eigenvalue weighted by Gasteiger charge is 2.54. The zero-order valence-electron chi connectivity index (χ0n) is 19.7. The fourth-order valence-corrected chi connectivity index (χ4v) is 4.33. The molecule has 0 aliphatic carbocycles. The predicted molar refractivity (Wildman–Crippen MR) is 129 cm³/mol. The average molecular weight is 447 g/mol. The van der Waals surface area contributed by atoms with Crippen molar-refractivity contribution in [3.05, 3.63) is 105 Å². The van der Waals surface area contributed by atoms with E-state index in [-0.39, 0.29) is 10.3 Å². The number of hydrogen-bond acceptors (Lipinski definition) is 5. The first-order chi connectivity index (χ1) is 15.7. The van der Waals surface area contributed by atoms with E-state index in [9.17, 15) is 10.1 Å². The number of anilines is 1. The van der Waals surface area contributed by atoms with Gasteiger partial charge in [-0.3, -0.25) is 15.0 Å². The second kappa shape index (κ2) is 8.87. The van der Waals surface area contributed by atoms with Crippen LogP contribution in [0.2, 0.25) is 0 Å². The van der Waals surface area contributed by atoms with Crippen molar-refractivity contribution in [2.75, 3.05) is 12.2 Å². The second-order valence-corrected chi connectivity index (χ2v) is 9.53. The first-order valence-corrected chi connectivity index (χ1v) is 11.1. The van der Waals surface area contributed by atoms with Crippen LogP contribution in [0.1, 0.15) is 55.2 Å². The van der Waals surface area contributed by atoms with Crippen LogP contribution in [0.5, 0.6) is 5.75 Å². The molecule has 3 atom stereocenters. The molecular formula is C27H30N2O4. The van der Waals surface area contributed by atoms with E-state index in [1.807, 2.05) is 79.7 Å². The predicted octanol–water partition coefficient (Wildman–Crippen LogP) is 6.18. The quantitative estimate of drug-likeness (QED) is 0.346. The van der Waals surface area contributed by atoms with Gasteiger partial charge < -0.3 is 4.74 Å². The number of hydroxylamine groups is 1. The summed E-state index contributed by atoms with van der Waals surface area (Å²) in [5, 5.41) is 14.2. The highest BCUT2D eigenvalue weighted by Crippen LogP contribution is 2.48. The molecule has 0 amide bonds. The van der Waals surface area contributed by atoms with Crippen molar-refractivity contribution in [3.8, 4) is 5.75 Å². The van der Waals surface area contributed by atoms with Crippen LogP contribution < -0.4 is 9.80 Å². The third-order valence-electron chi connectivity index (χ3n) is 6.19. The van der Waals surface area contributed by atoms with E-state index < -0.39 is 18.2 Å². The van der Waals surface area contributed by atoms with Gasteiger partial charge in [0.15, 0.2) is 12.1 Å². The molecule has 1 heterocycles. The maximum absolute atomic E-state index is 12.6. The average Bonchev–Trinajstić information content (AvgIpc) is 3.20. The third-order valence-corrected chi connectivity index (χ3v) is 6.19. The molecule has 1 saturated heterocycles. The second-order valence-electron chi connectivity index (χ2n) is 9.53. The Morgan fingerprint density at radius 1 is 1.00 bits per heavy atom. The van der Waals surface area contributed by atoms with Crippen molar-refractivity contribution in [2.45, 2.75) is 51.3 Å². The van der Waals surface area contributed by atoms with Gasteiger partial charge in [0.05, 0.1) is 12.8 Å². The minimum Gasteiger partial charge on any atom is -0.496 e. The number of nitrogens with zero attached hydrogens (tertiary/aromatic N) is 2. The van der Waals surface area contributed by atoms with Crippen molar-refractivity contribution in [2.24, 2.45) is 0 Å². The molecule has 33 heavy (non-hydrogen) atoms. The molecule has 0 N–H and O–H groups in total. The first kappa shape index (κ1) is 22.8. The van der Waals surface area contributed by atoms with E-state index in [4.69, 9.17) is 9.57 Å². The van der Waals surface area contributed by atoms with Gasteiger partial charge >= 0.3 is 0 Å². The normalized spacial score (nSPS) is 20.6. The molecular weight excluding hydrogens is 416 g/mol. The SMILES string of the molecule is COc1ccc(C(C)(C)C)cc1[C@@H]1[C@@H]([N+](=O)[O-])[C@H](c2ccc(C)cc2)ON1c1ccccc1. The van der Waals surface area contributed by atoms with Crippen LogP contribution >= 0.6 is 0 Å². The van der Waals surface area contributed by atoms with Crippen LogP contribution in [0.25, 0.3) is 0 Å². The molecule has 1 aliphatic rings. The Labute approximate surface area is 194 Å². The zero-order valence-corrected chi connectivity index (χ0v) is 19.7. The number of ether oxygens (including phenoxy) is 1. The van der Waals surface area contributed by atoms with Crippen LogP contribution in [0.15, 0.2) is 72.8 Å². The van der Waals surface area contributed by atoms with E-state index >= 15 is 0 Å². The summed E-state index contributed by atoms with van der Waals surface area (Å²) in [7, 11) is 1.59. The molecule has 6 nitrogen and oxygen atoms in total. The van der Waals surface area contributed by atoms with Gasteiger partial charge in [-0.2, -0.15) is 0 Å². The summed E-state index contributed by atoms with van der Waals surface area (Å²) in [4.78, 5) is 18.7. The molecule has 3 aromatic rings. The molecule has 0 spiro atoms. The fraction of sp³-hybridized carbons (Fsp3) is 0.333. The van der Waals surface area contributed by atoms with Crippen LogP contribution in [-0.4, -0.2) is 18.1 Å². The van der Waals surface area contributed by atoms with E-state index in [1.165, 1.54) is 0 Å². The van der Waals surface area contributed by atoms with Gasteiger partial charge in [0, 0.05) is 10.5 Å². The lowest BCUT2D eigenvalue weighted by Crippen LogP contribution is -2.33. The van der Waals surface area contributed by atoms with Gasteiger partial charge in [-0.1, -0.05) is 74.9 Å². The number of benzene rings is 3. The van der Waals surface area contributed by atoms with Crippen LogP contribution in [0, 0.1) is 17.0 Å². The summed E-state index contributed by atoms with van der Waals surface area (Å²) < 4.78 is 5.69. The van der Waals surface area contributed by atoms with Crippen LogP contribution in [-0.2, 0) is 10.3 Å². The van der Waals surface area contributed by atoms with Crippen LogP contribution in [0.3, 0.4) is 0 Å². The number of hydrogen-bond donors (Lipinski definition) is 0. The summed E-state index contributed by atoms with van der Waals surface area (Å²) in [6.45, 7) is 8.36. The van der Waals surface area contributed by atoms with E-state index in [2.05, 4.69) is 20.8 Å². The summed E-state index contributed by atoms with van der Waals surface area (Å²) in [6, 6.07) is 21.5. The van der Waals surface area contributed by atoms with E-state index in [0.29, 0.717) is 5.75 Å². The molecule has 6 heteroatoms. The van der Waals surface area contributed by atoms with Crippen molar-refractivity contribution in [1.29, 1.82) is 0 Å². The van der Waals surface area contributed by atoms with Gasteiger partial charge in [0.2, 0.25) is 0 Å². The van der Waals surface area contributed by atoms with E-state index in [1.54, 1.807) is 12.2 Å². The topological polar surface area (TPSA) is 64.8 Å². The van der Waals surface area contributed by atoms with Gasteiger partial charge in [0.1, 0.15) is 5.75 Å². The molecule has 172 valence electrons. The lowest BCUT2D eigenvalue weighted by atomic mass is 9.83. The molecule has 0 saturated carbocycles. The lowest BCUT2D eigenvalue weighted by molar-refractivity contribution is -0.531. The molecule has 3 aromatic carbocycles. The van der Waals surface area contributed by atoms with Crippen LogP contribution in [0.4, 0.5) is 5.69 Å². The van der Waals surface area contributed by atoms with Gasteiger partial charge in [-0.25, -0.2) is 5.06 Å². The maximum atomic E-state index is 12.6. The molecule has 1 fully saturated rings. The lowest BCUT2D eigenvalue weighted by Gasteiger charge is -2.28. The Kier molecular flexibility index (Phi) is 6.13. The largest absolute Gasteiger partial charge is 0.496 e. The summed E-state index contributed by atoms with van der Waals surface area (Å²) in [5.41, 5.74) is 4.31. The Hall–Kier alpha value is -3.38. The number of aryl methyl sites for hydroxylation is 1. The monoisotopic (exact) mass is 446 g/mol.